The van der Waals surface area contributed by atoms with Crippen molar-refractivity contribution in [2.45, 2.75) is 18.5 Å². The van der Waals surface area contributed by atoms with Crippen LogP contribution in [0.5, 0.6) is 11.5 Å². The van der Waals surface area contributed by atoms with Crippen LogP contribution in [0.3, 0.4) is 0 Å². The SMILES string of the molecule is COC(=O)C1(c2ccccc2)NC(c2ccc(O)c(OC)c2)C2C(=O)N(c3ccc(C)cc3)C(=O)C21. The van der Waals surface area contributed by atoms with Crippen molar-refractivity contribution in [3.63, 3.8) is 0 Å². The minimum Gasteiger partial charge on any atom is -0.504 e. The van der Waals surface area contributed by atoms with Gasteiger partial charge in [0.05, 0.1) is 31.7 Å². The molecule has 0 aromatic heterocycles. The predicted octanol–water partition coefficient (Wildman–Crippen LogP) is 3.23. The fourth-order valence-electron chi connectivity index (χ4n) is 5.46. The Bertz CT molecular complexity index is 1340. The number of anilines is 1. The molecule has 5 rings (SSSR count). The van der Waals surface area contributed by atoms with Gasteiger partial charge in [-0.25, -0.2) is 9.69 Å². The van der Waals surface area contributed by atoms with Gasteiger partial charge in [0, 0.05) is 6.04 Å². The lowest BCUT2D eigenvalue weighted by atomic mass is 9.75. The summed E-state index contributed by atoms with van der Waals surface area (Å²) in [5, 5.41) is 13.5. The molecule has 2 N–H and O–H groups in total. The molecule has 3 aromatic carbocycles. The summed E-state index contributed by atoms with van der Waals surface area (Å²) in [4.78, 5) is 42.7. The fourth-order valence-corrected chi connectivity index (χ4v) is 5.46. The van der Waals surface area contributed by atoms with E-state index in [0.29, 0.717) is 16.8 Å². The zero-order valence-corrected chi connectivity index (χ0v) is 20.1. The Morgan fingerprint density at radius 1 is 0.972 bits per heavy atom. The molecule has 0 aliphatic carbocycles. The number of aryl methyl sites for hydroxylation is 1. The van der Waals surface area contributed by atoms with Crippen LogP contribution in [-0.2, 0) is 24.7 Å². The molecule has 36 heavy (non-hydrogen) atoms. The standard InChI is InChI=1S/C28H26N2O6/c1-16-9-12-19(13-10-16)30-25(32)22-23(26(30)33)28(27(34)36-3,18-7-5-4-6-8-18)29-24(22)17-11-14-20(31)21(15-17)35-2/h4-15,22-24,29,31H,1-3H3. The lowest BCUT2D eigenvalue weighted by Gasteiger charge is -2.33. The lowest BCUT2D eigenvalue weighted by molar-refractivity contribution is -0.152. The van der Waals surface area contributed by atoms with Crippen molar-refractivity contribution < 1.29 is 29.0 Å². The number of methoxy groups -OCH3 is 2. The molecular weight excluding hydrogens is 460 g/mol. The molecule has 4 atom stereocenters. The van der Waals surface area contributed by atoms with E-state index in [-0.39, 0.29) is 11.5 Å². The van der Waals surface area contributed by atoms with Crippen molar-refractivity contribution in [1.29, 1.82) is 0 Å². The number of hydrogen-bond donors (Lipinski definition) is 2. The quantitative estimate of drug-likeness (QED) is 0.421. The first-order valence-corrected chi connectivity index (χ1v) is 11.6. The summed E-state index contributed by atoms with van der Waals surface area (Å²) in [6.45, 7) is 1.92. The Labute approximate surface area is 208 Å². The van der Waals surface area contributed by atoms with E-state index >= 15 is 0 Å². The first-order valence-electron chi connectivity index (χ1n) is 11.6. The summed E-state index contributed by atoms with van der Waals surface area (Å²) >= 11 is 0. The number of imide groups is 1. The number of benzene rings is 3. The van der Waals surface area contributed by atoms with E-state index in [1.807, 2.05) is 25.1 Å². The molecule has 3 aromatic rings. The van der Waals surface area contributed by atoms with E-state index in [4.69, 9.17) is 9.47 Å². The molecule has 8 nitrogen and oxygen atoms in total. The van der Waals surface area contributed by atoms with Gasteiger partial charge < -0.3 is 14.6 Å². The molecule has 2 amide bonds. The number of nitrogens with one attached hydrogen (secondary N) is 1. The van der Waals surface area contributed by atoms with Crippen molar-refractivity contribution in [1.82, 2.24) is 5.32 Å². The van der Waals surface area contributed by atoms with Crippen LogP contribution in [0.2, 0.25) is 0 Å². The topological polar surface area (TPSA) is 105 Å². The molecule has 0 spiro atoms. The van der Waals surface area contributed by atoms with Crippen molar-refractivity contribution in [2.24, 2.45) is 11.8 Å². The second kappa shape index (κ2) is 8.80. The van der Waals surface area contributed by atoms with E-state index < -0.39 is 41.2 Å². The Balaban J connectivity index is 1.73. The first kappa shape index (κ1) is 23.6. The Kier molecular flexibility index (Phi) is 5.76. The molecule has 2 aliphatic rings. The van der Waals surface area contributed by atoms with Gasteiger partial charge in [0.2, 0.25) is 11.8 Å². The number of carbonyl (C=O) groups is 3. The molecule has 2 aliphatic heterocycles. The predicted molar refractivity (Wildman–Crippen MR) is 131 cm³/mol. The van der Waals surface area contributed by atoms with E-state index in [0.717, 1.165) is 5.56 Å². The zero-order chi connectivity index (χ0) is 25.6. The summed E-state index contributed by atoms with van der Waals surface area (Å²) < 4.78 is 10.5. The lowest BCUT2D eigenvalue weighted by Crippen LogP contribution is -2.53. The number of esters is 1. The van der Waals surface area contributed by atoms with Gasteiger partial charge in [0.1, 0.15) is 0 Å². The smallest absolute Gasteiger partial charge is 0.331 e. The molecule has 2 fully saturated rings. The molecule has 0 bridgehead atoms. The second-order valence-electron chi connectivity index (χ2n) is 9.07. The number of ether oxygens (including phenoxy) is 2. The molecular formula is C28H26N2O6. The van der Waals surface area contributed by atoms with Crippen LogP contribution >= 0.6 is 0 Å². The van der Waals surface area contributed by atoms with Gasteiger partial charge in [-0.15, -0.1) is 0 Å². The highest BCUT2D eigenvalue weighted by molar-refractivity contribution is 6.24. The summed E-state index contributed by atoms with van der Waals surface area (Å²) in [5.41, 5.74) is 0.934. The van der Waals surface area contributed by atoms with E-state index in [1.165, 1.54) is 25.2 Å². The third kappa shape index (κ3) is 3.37. The van der Waals surface area contributed by atoms with Crippen LogP contribution in [0.15, 0.2) is 72.8 Å². The van der Waals surface area contributed by atoms with E-state index in [9.17, 15) is 19.5 Å². The van der Waals surface area contributed by atoms with Gasteiger partial charge in [-0.05, 0) is 42.3 Å². The highest BCUT2D eigenvalue weighted by atomic mass is 16.5. The zero-order valence-electron chi connectivity index (χ0n) is 20.1. The van der Waals surface area contributed by atoms with Crippen molar-refractivity contribution in [3.8, 4) is 11.5 Å². The highest BCUT2D eigenvalue weighted by Gasteiger charge is 2.69. The number of phenolic OH excluding ortho intramolecular Hbond substituents is 1. The van der Waals surface area contributed by atoms with E-state index in [2.05, 4.69) is 5.32 Å². The Morgan fingerprint density at radius 2 is 1.67 bits per heavy atom. The van der Waals surface area contributed by atoms with Crippen molar-refractivity contribution in [3.05, 3.63) is 89.5 Å². The highest BCUT2D eigenvalue weighted by Crippen LogP contribution is 2.54. The average molecular weight is 487 g/mol. The van der Waals surface area contributed by atoms with Crippen LogP contribution in [0.25, 0.3) is 0 Å². The van der Waals surface area contributed by atoms with Crippen LogP contribution in [0.1, 0.15) is 22.7 Å². The molecule has 184 valence electrons. The summed E-state index contributed by atoms with van der Waals surface area (Å²) in [6.07, 6.45) is 0. The fraction of sp³-hybridized carbons (Fsp3) is 0.250. The van der Waals surface area contributed by atoms with Gasteiger partial charge in [-0.1, -0.05) is 54.1 Å². The maximum atomic E-state index is 14.0. The maximum absolute atomic E-state index is 14.0. The van der Waals surface area contributed by atoms with Gasteiger partial charge in [-0.2, -0.15) is 0 Å². The molecule has 4 unspecified atom stereocenters. The summed E-state index contributed by atoms with van der Waals surface area (Å²) in [7, 11) is 2.69. The third-order valence-corrected chi connectivity index (χ3v) is 7.15. The Morgan fingerprint density at radius 3 is 2.31 bits per heavy atom. The van der Waals surface area contributed by atoms with Gasteiger partial charge in [0.15, 0.2) is 17.0 Å². The number of fused-ring (bicyclic) bond motifs is 1. The molecule has 2 saturated heterocycles. The number of rotatable bonds is 5. The third-order valence-electron chi connectivity index (χ3n) is 7.15. The summed E-state index contributed by atoms with van der Waals surface area (Å²) in [6, 6.07) is 19.9. The molecule has 8 heteroatoms. The average Bonchev–Trinajstić information content (AvgIpc) is 3.39. The van der Waals surface area contributed by atoms with Crippen molar-refractivity contribution >= 4 is 23.5 Å². The van der Waals surface area contributed by atoms with Gasteiger partial charge >= 0.3 is 5.97 Å². The van der Waals surface area contributed by atoms with Crippen LogP contribution in [0.4, 0.5) is 5.69 Å². The van der Waals surface area contributed by atoms with Gasteiger partial charge in [0.25, 0.3) is 0 Å². The van der Waals surface area contributed by atoms with Crippen LogP contribution in [-0.4, -0.2) is 37.1 Å². The monoisotopic (exact) mass is 486 g/mol. The number of nitrogens with zero attached hydrogens (tertiary/aromatic N) is 1. The molecule has 0 saturated carbocycles. The maximum Gasteiger partial charge on any atom is 0.331 e. The minimum atomic E-state index is -1.61. The molecule has 2 heterocycles. The number of hydrogen-bond acceptors (Lipinski definition) is 7. The van der Waals surface area contributed by atoms with Crippen LogP contribution in [0, 0.1) is 18.8 Å². The number of amides is 2. The molecule has 0 radical (unpaired) electrons. The summed E-state index contributed by atoms with van der Waals surface area (Å²) in [5.74, 6) is -3.38. The number of aromatic hydroxyl groups is 1. The second-order valence-corrected chi connectivity index (χ2v) is 9.07. The largest absolute Gasteiger partial charge is 0.504 e. The van der Waals surface area contributed by atoms with E-state index in [1.54, 1.807) is 48.5 Å². The van der Waals surface area contributed by atoms with Crippen LogP contribution < -0.4 is 15.0 Å². The number of carbonyl (C=O) groups excluding carboxylic acids is 3. The van der Waals surface area contributed by atoms with Crippen molar-refractivity contribution in [2.75, 3.05) is 19.1 Å². The van der Waals surface area contributed by atoms with Gasteiger partial charge in [-0.3, -0.25) is 14.9 Å². The minimum absolute atomic E-state index is 0.0619. The Hall–Kier alpha value is -4.17. The normalized spacial score (nSPS) is 25.1. The number of phenols is 1. The first-order chi connectivity index (χ1) is 17.3.